The number of methoxy groups -OCH3 is 1. The second kappa shape index (κ2) is 4.82. The molecule has 0 amide bonds. The topological polar surface area (TPSA) is 101 Å². The quantitative estimate of drug-likeness (QED) is 0.608. The molecule has 4 bridgehead atoms. The van der Waals surface area contributed by atoms with Gasteiger partial charge in [0, 0.05) is 5.57 Å². The second-order valence-corrected chi connectivity index (χ2v) is 7.86. The summed E-state index contributed by atoms with van der Waals surface area (Å²) in [6.07, 6.45) is 4.89. The fraction of sp³-hybridized carbons (Fsp3) is 0.706. The molecule has 4 fully saturated rings. The molecule has 4 aliphatic rings. The van der Waals surface area contributed by atoms with Crippen molar-refractivity contribution in [1.29, 1.82) is 0 Å². The van der Waals surface area contributed by atoms with Crippen molar-refractivity contribution in [3.63, 3.8) is 0 Å². The largest absolute Gasteiger partial charge is 0.481 e. The van der Waals surface area contributed by atoms with Gasteiger partial charge in [-0.15, -0.1) is 0 Å². The fourth-order valence-corrected chi connectivity index (χ4v) is 5.88. The molecule has 6 nitrogen and oxygen atoms in total. The van der Waals surface area contributed by atoms with Crippen LogP contribution in [0.25, 0.3) is 0 Å². The molecule has 2 N–H and O–H groups in total. The molecular weight excluding hydrogens is 300 g/mol. The van der Waals surface area contributed by atoms with E-state index in [1.54, 1.807) is 6.08 Å². The molecule has 126 valence electrons. The van der Waals surface area contributed by atoms with E-state index in [2.05, 4.69) is 0 Å². The summed E-state index contributed by atoms with van der Waals surface area (Å²) in [6, 6.07) is 0. The molecule has 6 heteroatoms. The maximum atomic E-state index is 12.4. The third-order valence-electron chi connectivity index (χ3n) is 6.04. The molecule has 4 saturated carbocycles. The highest BCUT2D eigenvalue weighted by Crippen LogP contribution is 2.70. The zero-order valence-corrected chi connectivity index (χ0v) is 13.4. The fourth-order valence-electron chi connectivity index (χ4n) is 5.88. The van der Waals surface area contributed by atoms with Crippen LogP contribution in [-0.4, -0.2) is 35.2 Å². The van der Waals surface area contributed by atoms with Crippen LogP contribution in [0, 0.1) is 22.2 Å². The molecule has 23 heavy (non-hydrogen) atoms. The van der Waals surface area contributed by atoms with Crippen molar-refractivity contribution < 1.29 is 29.3 Å². The summed E-state index contributed by atoms with van der Waals surface area (Å²) in [4.78, 5) is 35.6. The van der Waals surface area contributed by atoms with E-state index in [9.17, 15) is 24.6 Å². The molecule has 0 aromatic carbocycles. The summed E-state index contributed by atoms with van der Waals surface area (Å²) in [5, 5.41) is 19.0. The van der Waals surface area contributed by atoms with Gasteiger partial charge in [0.25, 0.3) is 0 Å². The molecule has 0 saturated heterocycles. The first-order valence-electron chi connectivity index (χ1n) is 7.91. The molecule has 4 unspecified atom stereocenters. The lowest BCUT2D eigenvalue weighted by molar-refractivity contribution is -0.197. The standard InChI is InChI=1S/C17H22O6/c1-10(12(18)19)3-15-4-11-5-16(7-15,13(20)21)9-17(6-11,8-15)14(22)23-2/h3,11H,4-9H2,1-2H3,(H,18,19)(H,20,21). The molecule has 4 aliphatic carbocycles. The van der Waals surface area contributed by atoms with Crippen LogP contribution in [0.15, 0.2) is 11.6 Å². The number of carbonyl (C=O) groups is 3. The van der Waals surface area contributed by atoms with Crippen LogP contribution in [0.2, 0.25) is 0 Å². The van der Waals surface area contributed by atoms with E-state index in [1.165, 1.54) is 14.0 Å². The third kappa shape index (κ3) is 2.26. The smallest absolute Gasteiger partial charge is 0.330 e. The summed E-state index contributed by atoms with van der Waals surface area (Å²) >= 11 is 0. The van der Waals surface area contributed by atoms with Crippen molar-refractivity contribution in [1.82, 2.24) is 0 Å². The Labute approximate surface area is 134 Å². The molecule has 0 aromatic heterocycles. The van der Waals surface area contributed by atoms with E-state index in [0.29, 0.717) is 32.1 Å². The Morgan fingerprint density at radius 3 is 2.22 bits per heavy atom. The number of hydrogen-bond acceptors (Lipinski definition) is 4. The number of hydrogen-bond donors (Lipinski definition) is 2. The van der Waals surface area contributed by atoms with Crippen LogP contribution in [-0.2, 0) is 19.1 Å². The van der Waals surface area contributed by atoms with Gasteiger partial charge < -0.3 is 14.9 Å². The maximum absolute atomic E-state index is 12.4. The van der Waals surface area contributed by atoms with Crippen LogP contribution >= 0.6 is 0 Å². The van der Waals surface area contributed by atoms with E-state index in [4.69, 9.17) is 4.74 Å². The van der Waals surface area contributed by atoms with E-state index in [-0.39, 0.29) is 17.5 Å². The average molecular weight is 322 g/mol. The summed E-state index contributed by atoms with van der Waals surface area (Å²) in [5.74, 6) is -2.10. The van der Waals surface area contributed by atoms with Crippen molar-refractivity contribution in [2.75, 3.05) is 7.11 Å². The zero-order valence-electron chi connectivity index (χ0n) is 13.4. The van der Waals surface area contributed by atoms with Gasteiger partial charge in [-0.05, 0) is 56.8 Å². The van der Waals surface area contributed by atoms with Crippen LogP contribution in [0.5, 0.6) is 0 Å². The molecule has 4 atom stereocenters. The minimum absolute atomic E-state index is 0.124. The molecule has 4 rings (SSSR count). The van der Waals surface area contributed by atoms with Gasteiger partial charge >= 0.3 is 17.9 Å². The number of ether oxygens (including phenoxy) is 1. The summed E-state index contributed by atoms with van der Waals surface area (Å²) in [5.41, 5.74) is -2.05. The summed E-state index contributed by atoms with van der Waals surface area (Å²) < 4.78 is 4.99. The van der Waals surface area contributed by atoms with Gasteiger partial charge in [-0.1, -0.05) is 6.08 Å². The minimum atomic E-state index is -1.00. The normalized spacial score (nSPS) is 41.7. The van der Waals surface area contributed by atoms with Crippen molar-refractivity contribution in [3.05, 3.63) is 11.6 Å². The van der Waals surface area contributed by atoms with Gasteiger partial charge in [0.2, 0.25) is 0 Å². The van der Waals surface area contributed by atoms with Gasteiger partial charge in [-0.25, -0.2) is 4.79 Å². The average Bonchev–Trinajstić information content (AvgIpc) is 2.44. The first-order chi connectivity index (χ1) is 10.7. The Bertz CT molecular complexity index is 623. The molecule has 0 aliphatic heterocycles. The molecule has 0 radical (unpaired) electrons. The number of carbonyl (C=O) groups excluding carboxylic acids is 1. The second-order valence-electron chi connectivity index (χ2n) is 7.86. The number of carboxylic acid groups (broad SMARTS) is 2. The van der Waals surface area contributed by atoms with E-state index in [1.807, 2.05) is 0 Å². The SMILES string of the molecule is COC(=O)C12CC3CC(C=C(C)C(=O)O)(CC(C(=O)O)(C3)C1)C2. The van der Waals surface area contributed by atoms with Crippen molar-refractivity contribution >= 4 is 17.9 Å². The minimum Gasteiger partial charge on any atom is -0.481 e. The van der Waals surface area contributed by atoms with Crippen LogP contribution < -0.4 is 0 Å². The monoisotopic (exact) mass is 322 g/mol. The number of rotatable bonds is 4. The lowest BCUT2D eigenvalue weighted by Gasteiger charge is -2.63. The highest BCUT2D eigenvalue weighted by atomic mass is 16.5. The lowest BCUT2D eigenvalue weighted by atomic mass is 9.39. The molecular formula is C17H22O6. The highest BCUT2D eigenvalue weighted by molar-refractivity contribution is 5.86. The van der Waals surface area contributed by atoms with Crippen LogP contribution in [0.4, 0.5) is 0 Å². The van der Waals surface area contributed by atoms with Crippen LogP contribution in [0.1, 0.15) is 45.4 Å². The third-order valence-corrected chi connectivity index (χ3v) is 6.04. The first-order valence-corrected chi connectivity index (χ1v) is 7.91. The Morgan fingerprint density at radius 1 is 1.04 bits per heavy atom. The number of esters is 1. The highest BCUT2D eigenvalue weighted by Gasteiger charge is 2.68. The first kappa shape index (κ1) is 16.0. The Hall–Kier alpha value is -1.85. The van der Waals surface area contributed by atoms with Crippen molar-refractivity contribution in [2.45, 2.75) is 45.4 Å². The predicted molar refractivity (Wildman–Crippen MR) is 79.5 cm³/mol. The van der Waals surface area contributed by atoms with E-state index >= 15 is 0 Å². The van der Waals surface area contributed by atoms with Gasteiger partial charge in [0.1, 0.15) is 0 Å². The zero-order chi connectivity index (χ0) is 17.0. The predicted octanol–water partition coefficient (Wildman–Crippen LogP) is 2.23. The Balaban J connectivity index is 2.10. The van der Waals surface area contributed by atoms with Gasteiger partial charge in [-0.2, -0.15) is 0 Å². The maximum Gasteiger partial charge on any atom is 0.330 e. The Kier molecular flexibility index (Phi) is 3.36. The van der Waals surface area contributed by atoms with Crippen molar-refractivity contribution in [3.8, 4) is 0 Å². The lowest BCUT2D eigenvalue weighted by Crippen LogP contribution is -2.61. The van der Waals surface area contributed by atoms with Gasteiger partial charge in [0.15, 0.2) is 0 Å². The van der Waals surface area contributed by atoms with Gasteiger partial charge in [-0.3, -0.25) is 9.59 Å². The molecule has 0 spiro atoms. The molecule has 0 aromatic rings. The number of aliphatic carboxylic acids is 2. The van der Waals surface area contributed by atoms with Gasteiger partial charge in [0.05, 0.1) is 17.9 Å². The number of carboxylic acids is 2. The number of allylic oxidation sites excluding steroid dienone is 1. The summed E-state index contributed by atoms with van der Waals surface area (Å²) in [6.45, 7) is 1.53. The Morgan fingerprint density at radius 2 is 1.65 bits per heavy atom. The van der Waals surface area contributed by atoms with Crippen LogP contribution in [0.3, 0.4) is 0 Å². The summed E-state index contributed by atoms with van der Waals surface area (Å²) in [7, 11) is 1.33. The molecule has 0 heterocycles. The van der Waals surface area contributed by atoms with E-state index < -0.39 is 28.2 Å². The van der Waals surface area contributed by atoms with E-state index in [0.717, 1.165) is 6.42 Å². The van der Waals surface area contributed by atoms with Crippen molar-refractivity contribution in [2.24, 2.45) is 22.2 Å².